The van der Waals surface area contributed by atoms with Gasteiger partial charge in [-0.25, -0.2) is 17.9 Å². The first-order chi connectivity index (χ1) is 12.7. The van der Waals surface area contributed by atoms with Crippen molar-refractivity contribution in [1.82, 2.24) is 10.0 Å². The third-order valence-electron chi connectivity index (χ3n) is 3.66. The molecule has 1 aromatic carbocycles. The first-order valence-electron chi connectivity index (χ1n) is 7.94. The minimum Gasteiger partial charge on any atom is -0.475 e. The SMILES string of the molecule is COCCNS(=O)(=O)c1ccc(C)c(C(=O)NCc2ccc(C(=O)O)o2)c1. The summed E-state index contributed by atoms with van der Waals surface area (Å²) in [6, 6.07) is 6.96. The Hall–Kier alpha value is -2.69. The van der Waals surface area contributed by atoms with E-state index < -0.39 is 21.9 Å². The number of carbonyl (C=O) groups is 2. The number of carboxylic acids is 1. The number of nitrogens with one attached hydrogen (secondary N) is 2. The molecular weight excluding hydrogens is 376 g/mol. The highest BCUT2D eigenvalue weighted by molar-refractivity contribution is 7.89. The number of furan rings is 1. The molecule has 0 radical (unpaired) electrons. The van der Waals surface area contributed by atoms with Gasteiger partial charge in [-0.05, 0) is 36.8 Å². The number of carbonyl (C=O) groups excluding carboxylic acids is 1. The van der Waals surface area contributed by atoms with Crippen molar-refractivity contribution < 1.29 is 32.3 Å². The van der Waals surface area contributed by atoms with Crippen LogP contribution in [0, 0.1) is 6.92 Å². The summed E-state index contributed by atoms with van der Waals surface area (Å²) in [5.41, 5.74) is 0.781. The van der Waals surface area contributed by atoms with E-state index >= 15 is 0 Å². The highest BCUT2D eigenvalue weighted by atomic mass is 32.2. The molecule has 9 nitrogen and oxygen atoms in total. The van der Waals surface area contributed by atoms with Gasteiger partial charge in [-0.3, -0.25) is 4.79 Å². The van der Waals surface area contributed by atoms with E-state index in [-0.39, 0.29) is 41.7 Å². The van der Waals surface area contributed by atoms with Crippen LogP contribution < -0.4 is 10.0 Å². The summed E-state index contributed by atoms with van der Waals surface area (Å²) in [5, 5.41) is 11.4. The molecule has 0 aliphatic rings. The molecule has 0 spiro atoms. The number of hydrogen-bond donors (Lipinski definition) is 3. The number of aryl methyl sites for hydroxylation is 1. The molecule has 0 saturated carbocycles. The molecule has 1 heterocycles. The number of benzene rings is 1. The monoisotopic (exact) mass is 396 g/mol. The molecule has 0 aliphatic carbocycles. The molecule has 1 aromatic heterocycles. The molecule has 2 aromatic rings. The van der Waals surface area contributed by atoms with Gasteiger partial charge in [0.25, 0.3) is 5.91 Å². The van der Waals surface area contributed by atoms with Crippen molar-refractivity contribution in [2.45, 2.75) is 18.4 Å². The minimum absolute atomic E-state index is 0.0331. The Morgan fingerprint density at radius 3 is 2.59 bits per heavy atom. The van der Waals surface area contributed by atoms with E-state index in [1.807, 2.05) is 0 Å². The maximum atomic E-state index is 12.4. The molecule has 0 unspecified atom stereocenters. The summed E-state index contributed by atoms with van der Waals surface area (Å²) >= 11 is 0. The van der Waals surface area contributed by atoms with Gasteiger partial charge in [0, 0.05) is 19.2 Å². The lowest BCUT2D eigenvalue weighted by Gasteiger charge is -2.10. The summed E-state index contributed by atoms with van der Waals surface area (Å²) in [6.07, 6.45) is 0. The second-order valence-corrected chi connectivity index (χ2v) is 7.39. The lowest BCUT2D eigenvalue weighted by molar-refractivity contribution is 0.0660. The van der Waals surface area contributed by atoms with Gasteiger partial charge in [0.2, 0.25) is 15.8 Å². The molecule has 0 bridgehead atoms. The van der Waals surface area contributed by atoms with Crippen LogP contribution in [0.2, 0.25) is 0 Å². The van der Waals surface area contributed by atoms with Crippen molar-refractivity contribution in [3.05, 3.63) is 53.0 Å². The fourth-order valence-electron chi connectivity index (χ4n) is 2.22. The highest BCUT2D eigenvalue weighted by Gasteiger charge is 2.18. The first-order valence-corrected chi connectivity index (χ1v) is 9.42. The summed E-state index contributed by atoms with van der Waals surface area (Å²) < 4.78 is 36.8. The number of hydrogen-bond acceptors (Lipinski definition) is 6. The van der Waals surface area contributed by atoms with Crippen LogP contribution in [0.4, 0.5) is 0 Å². The number of sulfonamides is 1. The molecule has 2 rings (SSSR count). The van der Waals surface area contributed by atoms with Crippen molar-refractivity contribution >= 4 is 21.9 Å². The maximum Gasteiger partial charge on any atom is 0.371 e. The predicted molar refractivity (Wildman–Crippen MR) is 95.1 cm³/mol. The number of rotatable bonds is 9. The molecular formula is C17H20N2O7S. The molecule has 0 fully saturated rings. The maximum absolute atomic E-state index is 12.4. The molecule has 10 heteroatoms. The van der Waals surface area contributed by atoms with E-state index in [1.165, 1.54) is 37.4 Å². The van der Waals surface area contributed by atoms with Gasteiger partial charge in [0.15, 0.2) is 0 Å². The summed E-state index contributed by atoms with van der Waals surface area (Å²) in [7, 11) is -2.31. The number of ether oxygens (including phenoxy) is 1. The largest absolute Gasteiger partial charge is 0.475 e. The van der Waals surface area contributed by atoms with Crippen molar-refractivity contribution in [3.63, 3.8) is 0 Å². The van der Waals surface area contributed by atoms with Crippen LogP contribution in [0.15, 0.2) is 39.6 Å². The average Bonchev–Trinajstić information content (AvgIpc) is 3.09. The van der Waals surface area contributed by atoms with E-state index in [1.54, 1.807) is 6.92 Å². The Bertz CT molecular complexity index is 935. The molecule has 3 N–H and O–H groups in total. The Morgan fingerprint density at radius 2 is 1.96 bits per heavy atom. The fourth-order valence-corrected chi connectivity index (χ4v) is 3.26. The zero-order valence-corrected chi connectivity index (χ0v) is 15.6. The second-order valence-electron chi connectivity index (χ2n) is 5.62. The van der Waals surface area contributed by atoms with Crippen LogP contribution in [-0.2, 0) is 21.3 Å². The van der Waals surface area contributed by atoms with Gasteiger partial charge in [-0.2, -0.15) is 0 Å². The lowest BCUT2D eigenvalue weighted by atomic mass is 10.1. The van der Waals surface area contributed by atoms with E-state index in [0.717, 1.165) is 0 Å². The molecule has 0 saturated heterocycles. The van der Waals surface area contributed by atoms with E-state index in [9.17, 15) is 18.0 Å². The lowest BCUT2D eigenvalue weighted by Crippen LogP contribution is -2.28. The minimum atomic E-state index is -3.77. The van der Waals surface area contributed by atoms with Gasteiger partial charge >= 0.3 is 5.97 Å². The third-order valence-corrected chi connectivity index (χ3v) is 5.12. The zero-order chi connectivity index (χ0) is 20.0. The molecule has 146 valence electrons. The summed E-state index contributed by atoms with van der Waals surface area (Å²) in [6.45, 7) is 1.98. The van der Waals surface area contributed by atoms with Gasteiger partial charge < -0.3 is 19.6 Å². The Labute approximate surface area is 156 Å². The molecule has 27 heavy (non-hydrogen) atoms. The quantitative estimate of drug-likeness (QED) is 0.541. The van der Waals surface area contributed by atoms with E-state index in [2.05, 4.69) is 10.0 Å². The van der Waals surface area contributed by atoms with Crippen molar-refractivity contribution in [2.24, 2.45) is 0 Å². The van der Waals surface area contributed by atoms with Crippen LogP contribution in [0.5, 0.6) is 0 Å². The summed E-state index contributed by atoms with van der Waals surface area (Å²) in [5.74, 6) is -1.67. The van der Waals surface area contributed by atoms with Gasteiger partial charge in [0.1, 0.15) is 5.76 Å². The van der Waals surface area contributed by atoms with E-state index in [4.69, 9.17) is 14.3 Å². The molecule has 1 amide bonds. The van der Waals surface area contributed by atoms with Crippen LogP contribution in [0.3, 0.4) is 0 Å². The van der Waals surface area contributed by atoms with E-state index in [0.29, 0.717) is 5.56 Å². The Kier molecular flexibility index (Phi) is 6.72. The van der Waals surface area contributed by atoms with Crippen molar-refractivity contribution in [1.29, 1.82) is 0 Å². The third kappa shape index (κ3) is 5.39. The van der Waals surface area contributed by atoms with Gasteiger partial charge in [0.05, 0.1) is 18.0 Å². The van der Waals surface area contributed by atoms with Gasteiger partial charge in [-0.1, -0.05) is 6.07 Å². The number of methoxy groups -OCH3 is 1. The number of carboxylic acid groups (broad SMARTS) is 1. The number of aromatic carboxylic acids is 1. The van der Waals surface area contributed by atoms with Crippen molar-refractivity contribution in [3.8, 4) is 0 Å². The average molecular weight is 396 g/mol. The Morgan fingerprint density at radius 1 is 1.22 bits per heavy atom. The topological polar surface area (TPSA) is 135 Å². The van der Waals surface area contributed by atoms with Gasteiger partial charge in [-0.15, -0.1) is 0 Å². The van der Waals surface area contributed by atoms with Crippen LogP contribution >= 0.6 is 0 Å². The van der Waals surface area contributed by atoms with Crippen molar-refractivity contribution in [2.75, 3.05) is 20.3 Å². The smallest absolute Gasteiger partial charge is 0.371 e. The summed E-state index contributed by atoms with van der Waals surface area (Å²) in [4.78, 5) is 23.2. The molecule has 0 atom stereocenters. The fraction of sp³-hybridized carbons (Fsp3) is 0.294. The first kappa shape index (κ1) is 20.6. The second kappa shape index (κ2) is 8.80. The molecule has 0 aliphatic heterocycles. The normalized spacial score (nSPS) is 11.3. The highest BCUT2D eigenvalue weighted by Crippen LogP contribution is 2.16. The standard InChI is InChI=1S/C17H20N2O7S/c1-11-3-5-13(27(23,24)19-7-8-25-2)9-14(11)16(20)18-10-12-4-6-15(26-12)17(21)22/h3-6,9,19H,7-8,10H2,1-2H3,(H,18,20)(H,21,22). The zero-order valence-electron chi connectivity index (χ0n) is 14.8. The van der Waals surface area contributed by atoms with Crippen LogP contribution in [0.1, 0.15) is 32.2 Å². The number of amides is 1. The van der Waals surface area contributed by atoms with Crippen LogP contribution in [-0.4, -0.2) is 45.7 Å². The predicted octanol–water partition coefficient (Wildman–Crippen LogP) is 1.14. The van der Waals surface area contributed by atoms with Crippen LogP contribution in [0.25, 0.3) is 0 Å². The Balaban J connectivity index is 2.12.